The van der Waals surface area contributed by atoms with Gasteiger partial charge in [0.05, 0.1) is 17.4 Å². The average molecular weight is 379 g/mol. The molecular formula is C22H30N6. The van der Waals surface area contributed by atoms with E-state index in [9.17, 15) is 0 Å². The molecule has 2 aromatic rings. The first kappa shape index (κ1) is 19.6. The molecule has 6 nitrogen and oxygen atoms in total. The fourth-order valence-electron chi connectivity index (χ4n) is 3.50. The average Bonchev–Trinajstić information content (AvgIpc) is 2.82. The number of rotatable bonds is 4. The van der Waals surface area contributed by atoms with Crippen LogP contribution in [0.2, 0.25) is 0 Å². The van der Waals surface area contributed by atoms with Gasteiger partial charge in [-0.15, -0.1) is 0 Å². The number of hydrogen-bond donors (Lipinski definition) is 5. The van der Waals surface area contributed by atoms with Crippen LogP contribution in [0.15, 0.2) is 54.4 Å². The molecule has 0 amide bonds. The van der Waals surface area contributed by atoms with E-state index in [0.29, 0.717) is 5.70 Å². The molecule has 6 heteroatoms. The van der Waals surface area contributed by atoms with Crippen LogP contribution in [0.5, 0.6) is 0 Å². The summed E-state index contributed by atoms with van der Waals surface area (Å²) in [4.78, 5) is 0. The zero-order valence-corrected chi connectivity index (χ0v) is 16.8. The first-order valence-corrected chi connectivity index (χ1v) is 9.48. The molecule has 148 valence electrons. The molecule has 1 heterocycles. The Labute approximate surface area is 167 Å². The zero-order chi connectivity index (χ0) is 20.3. The van der Waals surface area contributed by atoms with E-state index in [4.69, 9.17) is 17.3 Å². The normalized spacial score (nSPS) is 18.6. The molecule has 0 fully saturated rings. The van der Waals surface area contributed by atoms with Crippen molar-refractivity contribution >= 4 is 17.1 Å². The first-order valence-electron chi connectivity index (χ1n) is 9.48. The molecular weight excluding hydrogens is 348 g/mol. The minimum atomic E-state index is 0.130. The van der Waals surface area contributed by atoms with E-state index >= 15 is 0 Å². The second-order valence-corrected chi connectivity index (χ2v) is 7.39. The number of nitrogens with zero attached hydrogens (tertiary/aromatic N) is 1. The first-order chi connectivity index (χ1) is 13.3. The molecule has 0 saturated heterocycles. The van der Waals surface area contributed by atoms with Crippen LogP contribution in [0, 0.1) is 6.92 Å². The van der Waals surface area contributed by atoms with Crippen LogP contribution >= 0.6 is 0 Å². The molecule has 3 rings (SSSR count). The quantitative estimate of drug-likeness (QED) is 0.414. The maximum absolute atomic E-state index is 6.24. The molecule has 2 aromatic carbocycles. The minimum Gasteiger partial charge on any atom is -0.401 e. The van der Waals surface area contributed by atoms with Crippen LogP contribution in [0.3, 0.4) is 0 Å². The van der Waals surface area contributed by atoms with E-state index < -0.39 is 0 Å². The van der Waals surface area contributed by atoms with Crippen LogP contribution in [0.4, 0.5) is 5.69 Å². The summed E-state index contributed by atoms with van der Waals surface area (Å²) in [5, 5.41) is 8.61. The molecule has 1 atom stereocenters. The van der Waals surface area contributed by atoms with E-state index in [2.05, 4.69) is 54.0 Å². The number of fused-ring (bicyclic) bond motifs is 1. The summed E-state index contributed by atoms with van der Waals surface area (Å²) in [5.41, 5.74) is 20.3. The molecule has 1 aliphatic heterocycles. The third-order valence-electron chi connectivity index (χ3n) is 4.89. The van der Waals surface area contributed by atoms with E-state index in [-0.39, 0.29) is 6.04 Å². The monoisotopic (exact) mass is 378 g/mol. The summed E-state index contributed by atoms with van der Waals surface area (Å²) in [6.45, 7) is 4.84. The highest BCUT2D eigenvalue weighted by atomic mass is 15.4. The van der Waals surface area contributed by atoms with Gasteiger partial charge in [-0.2, -0.15) is 0 Å². The largest absolute Gasteiger partial charge is 0.401 e. The summed E-state index contributed by atoms with van der Waals surface area (Å²) in [6.07, 6.45) is 2.63. The maximum Gasteiger partial charge on any atom is 0.0605 e. The predicted molar refractivity (Wildman–Crippen MR) is 118 cm³/mol. The zero-order valence-electron chi connectivity index (χ0n) is 16.8. The number of anilines is 1. The second-order valence-electron chi connectivity index (χ2n) is 7.39. The number of hydrogen-bond acceptors (Lipinski definition) is 6. The van der Waals surface area contributed by atoms with Gasteiger partial charge < -0.3 is 27.1 Å². The van der Waals surface area contributed by atoms with Gasteiger partial charge in [-0.3, -0.25) is 0 Å². The summed E-state index contributed by atoms with van der Waals surface area (Å²) in [7, 11) is 1.75. The van der Waals surface area contributed by atoms with E-state index in [1.165, 1.54) is 16.1 Å². The van der Waals surface area contributed by atoms with Crippen LogP contribution in [0.1, 0.15) is 41.6 Å². The SMILES string of the molecule is C/C(N)=C1/NCCC(Nc2ccc(C)cc2)c2cc(/C(N)=C/N(C)N)ccc21. The Bertz CT molecular complexity index is 892. The maximum atomic E-state index is 6.24. The molecule has 0 saturated carbocycles. The highest BCUT2D eigenvalue weighted by Crippen LogP contribution is 2.33. The second kappa shape index (κ2) is 8.27. The van der Waals surface area contributed by atoms with Gasteiger partial charge in [-0.1, -0.05) is 29.8 Å². The van der Waals surface area contributed by atoms with Gasteiger partial charge in [0.1, 0.15) is 0 Å². The van der Waals surface area contributed by atoms with Crippen molar-refractivity contribution in [2.24, 2.45) is 17.3 Å². The number of allylic oxidation sites excluding steroid dienone is 1. The smallest absolute Gasteiger partial charge is 0.0605 e. The predicted octanol–water partition coefficient (Wildman–Crippen LogP) is 2.85. The van der Waals surface area contributed by atoms with E-state index in [0.717, 1.165) is 41.2 Å². The fraction of sp³-hybridized carbons (Fsp3) is 0.273. The van der Waals surface area contributed by atoms with E-state index in [1.807, 2.05) is 13.0 Å². The molecule has 0 bridgehead atoms. The topological polar surface area (TPSA) is 105 Å². The van der Waals surface area contributed by atoms with Gasteiger partial charge in [0, 0.05) is 36.7 Å². The van der Waals surface area contributed by atoms with Crippen molar-refractivity contribution in [2.45, 2.75) is 26.3 Å². The molecule has 8 N–H and O–H groups in total. The summed E-state index contributed by atoms with van der Waals surface area (Å²) < 4.78 is 0. The Kier molecular flexibility index (Phi) is 5.80. The van der Waals surface area contributed by atoms with Gasteiger partial charge in [0.2, 0.25) is 0 Å². The number of hydrazine groups is 1. The van der Waals surface area contributed by atoms with Crippen molar-refractivity contribution < 1.29 is 0 Å². The summed E-state index contributed by atoms with van der Waals surface area (Å²) >= 11 is 0. The van der Waals surface area contributed by atoms with Crippen molar-refractivity contribution in [1.29, 1.82) is 0 Å². The number of benzene rings is 2. The lowest BCUT2D eigenvalue weighted by atomic mass is 9.94. The standard InChI is InChI=1S/C22H30N6/c1-14-4-7-17(8-5-14)27-21-10-11-26-22(15(2)23)18-9-6-16(12-19(18)21)20(24)13-28(3)25/h4-9,12-13,21,26-27H,10-11,23-25H2,1-3H3/b20-13-,22-15-. The number of nitrogens with two attached hydrogens (primary N) is 3. The van der Waals surface area contributed by atoms with Crippen molar-refractivity contribution in [2.75, 3.05) is 18.9 Å². The molecule has 0 aromatic heterocycles. The highest BCUT2D eigenvalue weighted by Gasteiger charge is 2.23. The molecule has 0 aliphatic carbocycles. The van der Waals surface area contributed by atoms with Crippen molar-refractivity contribution in [1.82, 2.24) is 10.3 Å². The van der Waals surface area contributed by atoms with Crippen LogP contribution < -0.4 is 27.9 Å². The van der Waals surface area contributed by atoms with Crippen molar-refractivity contribution in [3.63, 3.8) is 0 Å². The highest BCUT2D eigenvalue weighted by molar-refractivity contribution is 5.74. The van der Waals surface area contributed by atoms with Crippen LogP contribution in [-0.4, -0.2) is 18.6 Å². The summed E-state index contributed by atoms with van der Waals surface area (Å²) in [6, 6.07) is 14.8. The van der Waals surface area contributed by atoms with Crippen molar-refractivity contribution in [3.8, 4) is 0 Å². The minimum absolute atomic E-state index is 0.130. The third kappa shape index (κ3) is 4.40. The fourth-order valence-corrected chi connectivity index (χ4v) is 3.50. The summed E-state index contributed by atoms with van der Waals surface area (Å²) in [5.74, 6) is 5.73. The lowest BCUT2D eigenvalue weighted by Gasteiger charge is -2.22. The number of aryl methyl sites for hydroxylation is 1. The Morgan fingerprint density at radius 3 is 2.54 bits per heavy atom. The molecule has 0 spiro atoms. The van der Waals surface area contributed by atoms with Crippen LogP contribution in [0.25, 0.3) is 11.4 Å². The van der Waals surface area contributed by atoms with Gasteiger partial charge in [-0.25, -0.2) is 5.84 Å². The molecule has 1 unspecified atom stereocenters. The van der Waals surface area contributed by atoms with Crippen molar-refractivity contribution in [3.05, 3.63) is 76.6 Å². The third-order valence-corrected chi connectivity index (χ3v) is 4.89. The lowest BCUT2D eigenvalue weighted by molar-refractivity contribution is 0.486. The van der Waals surface area contributed by atoms with Gasteiger partial charge >= 0.3 is 0 Å². The Hall–Kier alpha value is -3.12. The molecule has 1 aliphatic rings. The Morgan fingerprint density at radius 1 is 1.18 bits per heavy atom. The lowest BCUT2D eigenvalue weighted by Crippen LogP contribution is -2.20. The van der Waals surface area contributed by atoms with Gasteiger partial charge in [-0.05, 0) is 49.6 Å². The molecule has 28 heavy (non-hydrogen) atoms. The van der Waals surface area contributed by atoms with Crippen LogP contribution in [-0.2, 0) is 0 Å². The van der Waals surface area contributed by atoms with Gasteiger partial charge in [0.25, 0.3) is 0 Å². The Morgan fingerprint density at radius 2 is 1.89 bits per heavy atom. The Balaban J connectivity index is 2.06. The van der Waals surface area contributed by atoms with Gasteiger partial charge in [0.15, 0.2) is 0 Å². The molecule has 0 radical (unpaired) electrons. The van der Waals surface area contributed by atoms with E-state index in [1.54, 1.807) is 13.2 Å². The number of nitrogens with one attached hydrogen (secondary N) is 2.